The number of likely N-dealkylation sites (N-methyl/N-ethyl adjacent to an activating group) is 1. The van der Waals surface area contributed by atoms with Gasteiger partial charge in [-0.3, -0.25) is 4.79 Å². The van der Waals surface area contributed by atoms with Crippen LogP contribution in [-0.2, 0) is 4.79 Å². The molecule has 2 fully saturated rings. The fourth-order valence-corrected chi connectivity index (χ4v) is 4.93. The van der Waals surface area contributed by atoms with Crippen molar-refractivity contribution in [2.24, 2.45) is 11.8 Å². The second-order valence-corrected chi connectivity index (χ2v) is 9.34. The predicted molar refractivity (Wildman–Crippen MR) is 119 cm³/mol. The van der Waals surface area contributed by atoms with Gasteiger partial charge >= 0.3 is 0 Å². The summed E-state index contributed by atoms with van der Waals surface area (Å²) in [6.07, 6.45) is 7.59. The first kappa shape index (κ1) is 19.0. The van der Waals surface area contributed by atoms with E-state index >= 15 is 0 Å². The first-order valence-electron chi connectivity index (χ1n) is 9.90. The molecule has 144 valence electrons. The molecule has 1 N–H and O–H groups in total. The van der Waals surface area contributed by atoms with Crippen molar-refractivity contribution in [3.05, 3.63) is 50.8 Å². The average Bonchev–Trinajstić information content (AvgIpc) is 3.09. The molecule has 2 atom stereocenters. The summed E-state index contributed by atoms with van der Waals surface area (Å²) < 4.78 is 1.19. The lowest BCUT2D eigenvalue weighted by atomic mass is 9.91. The fraction of sp³-hybridized carbons (Fsp3) is 0.500. The minimum atomic E-state index is 0.0976. The van der Waals surface area contributed by atoms with Crippen LogP contribution >= 0.6 is 22.6 Å². The van der Waals surface area contributed by atoms with Gasteiger partial charge in [0.1, 0.15) is 0 Å². The third kappa shape index (κ3) is 4.24. The maximum absolute atomic E-state index is 12.8. The Bertz CT molecular complexity index is 793. The van der Waals surface area contributed by atoms with E-state index in [9.17, 15) is 4.79 Å². The highest BCUT2D eigenvalue weighted by atomic mass is 127. The summed E-state index contributed by atoms with van der Waals surface area (Å²) in [5.74, 6) is 0.810. The summed E-state index contributed by atoms with van der Waals surface area (Å²) in [6, 6.07) is 6.13. The van der Waals surface area contributed by atoms with Gasteiger partial charge in [-0.1, -0.05) is 17.7 Å². The standard InChI is InChI=1S/C22H28IN3O/c1-15-3-5-19(14-21(15)23)24-22(27)18-11-16-4-6-20(13-17(16)12-18)26-9-7-25(2)8-10-26/h3-6,14,17-18H,7-13H2,1-2H3,(H,24,27). The van der Waals surface area contributed by atoms with Gasteiger partial charge in [0, 0.05) is 47.1 Å². The number of benzene rings is 1. The third-order valence-electron chi connectivity index (χ3n) is 6.24. The lowest BCUT2D eigenvalue weighted by Gasteiger charge is -2.37. The highest BCUT2D eigenvalue weighted by molar-refractivity contribution is 14.1. The molecule has 1 amide bonds. The average molecular weight is 477 g/mol. The molecular formula is C22H28IN3O. The highest BCUT2D eigenvalue weighted by Gasteiger charge is 2.36. The number of carbonyl (C=O) groups is 1. The minimum Gasteiger partial charge on any atom is -0.372 e. The molecule has 5 heteroatoms. The summed E-state index contributed by atoms with van der Waals surface area (Å²) in [5.41, 5.74) is 5.08. The Morgan fingerprint density at radius 2 is 1.93 bits per heavy atom. The normalized spacial score (nSPS) is 25.7. The monoisotopic (exact) mass is 477 g/mol. The van der Waals surface area contributed by atoms with Crippen molar-refractivity contribution < 1.29 is 4.79 Å². The lowest BCUT2D eigenvalue weighted by Crippen LogP contribution is -2.44. The largest absolute Gasteiger partial charge is 0.372 e. The van der Waals surface area contributed by atoms with E-state index in [1.54, 1.807) is 0 Å². The summed E-state index contributed by atoms with van der Waals surface area (Å²) in [4.78, 5) is 17.7. The number of allylic oxidation sites excluding steroid dienone is 4. The van der Waals surface area contributed by atoms with Crippen molar-refractivity contribution >= 4 is 34.2 Å². The van der Waals surface area contributed by atoms with Gasteiger partial charge in [0.05, 0.1) is 0 Å². The Balaban J connectivity index is 1.36. The molecule has 0 radical (unpaired) electrons. The zero-order valence-electron chi connectivity index (χ0n) is 16.2. The number of piperazine rings is 1. The fourth-order valence-electron chi connectivity index (χ4n) is 4.41. The number of rotatable bonds is 3. The molecular weight excluding hydrogens is 449 g/mol. The highest BCUT2D eigenvalue weighted by Crippen LogP contribution is 2.43. The maximum atomic E-state index is 12.8. The Morgan fingerprint density at radius 1 is 1.15 bits per heavy atom. The van der Waals surface area contributed by atoms with Crippen LogP contribution in [-0.4, -0.2) is 48.9 Å². The van der Waals surface area contributed by atoms with Crippen molar-refractivity contribution in [3.63, 3.8) is 0 Å². The van der Waals surface area contributed by atoms with Crippen LogP contribution < -0.4 is 5.32 Å². The molecule has 1 saturated carbocycles. The van der Waals surface area contributed by atoms with Crippen LogP contribution in [0.2, 0.25) is 0 Å². The van der Waals surface area contributed by atoms with Gasteiger partial charge in [0.25, 0.3) is 0 Å². The number of hydrogen-bond donors (Lipinski definition) is 1. The first-order valence-corrected chi connectivity index (χ1v) is 11.0. The quantitative estimate of drug-likeness (QED) is 0.669. The first-order chi connectivity index (χ1) is 13.0. The number of anilines is 1. The van der Waals surface area contributed by atoms with Gasteiger partial charge in [0.15, 0.2) is 0 Å². The van der Waals surface area contributed by atoms with Gasteiger partial charge in [-0.2, -0.15) is 0 Å². The molecule has 0 spiro atoms. The van der Waals surface area contributed by atoms with Crippen LogP contribution in [0.3, 0.4) is 0 Å². The van der Waals surface area contributed by atoms with E-state index < -0.39 is 0 Å². The number of amides is 1. The second kappa shape index (κ2) is 7.95. The van der Waals surface area contributed by atoms with Crippen LogP contribution in [0.25, 0.3) is 0 Å². The van der Waals surface area contributed by atoms with Gasteiger partial charge in [-0.05, 0) is 85.5 Å². The number of halogens is 1. The summed E-state index contributed by atoms with van der Waals surface area (Å²) in [7, 11) is 2.19. The molecule has 1 aromatic rings. The number of nitrogens with one attached hydrogen (secondary N) is 1. The van der Waals surface area contributed by atoms with Crippen LogP contribution in [0.15, 0.2) is 41.6 Å². The molecule has 4 rings (SSSR count). The van der Waals surface area contributed by atoms with Gasteiger partial charge in [0.2, 0.25) is 5.91 Å². The van der Waals surface area contributed by atoms with Crippen LogP contribution in [0.1, 0.15) is 24.8 Å². The van der Waals surface area contributed by atoms with Gasteiger partial charge < -0.3 is 15.1 Å². The van der Waals surface area contributed by atoms with Gasteiger partial charge in [-0.15, -0.1) is 0 Å². The van der Waals surface area contributed by atoms with E-state index in [0.29, 0.717) is 5.92 Å². The molecule has 4 nitrogen and oxygen atoms in total. The number of aryl methyl sites for hydroxylation is 1. The third-order valence-corrected chi connectivity index (χ3v) is 7.40. The molecule has 2 unspecified atom stereocenters. The van der Waals surface area contributed by atoms with Crippen LogP contribution in [0.5, 0.6) is 0 Å². The number of fused-ring (bicyclic) bond motifs is 1. The molecule has 0 aromatic heterocycles. The Kier molecular flexibility index (Phi) is 5.60. The van der Waals surface area contributed by atoms with Crippen molar-refractivity contribution in [1.29, 1.82) is 0 Å². The Labute approximate surface area is 175 Å². The lowest BCUT2D eigenvalue weighted by molar-refractivity contribution is -0.119. The topological polar surface area (TPSA) is 35.6 Å². The van der Waals surface area contributed by atoms with Gasteiger partial charge in [-0.25, -0.2) is 0 Å². The second-order valence-electron chi connectivity index (χ2n) is 8.18. The summed E-state index contributed by atoms with van der Waals surface area (Å²) in [5, 5.41) is 3.14. The molecule has 2 aliphatic carbocycles. The summed E-state index contributed by atoms with van der Waals surface area (Å²) >= 11 is 2.32. The van der Waals surface area contributed by atoms with E-state index in [1.807, 2.05) is 6.07 Å². The van der Waals surface area contributed by atoms with Crippen LogP contribution in [0, 0.1) is 22.3 Å². The van der Waals surface area contributed by atoms with E-state index in [2.05, 4.69) is 76.0 Å². The van der Waals surface area contributed by atoms with Crippen molar-refractivity contribution in [3.8, 4) is 0 Å². The maximum Gasteiger partial charge on any atom is 0.227 e. The Morgan fingerprint density at radius 3 is 2.67 bits per heavy atom. The van der Waals surface area contributed by atoms with Crippen molar-refractivity contribution in [2.75, 3.05) is 38.5 Å². The molecule has 1 aromatic carbocycles. The van der Waals surface area contributed by atoms with Crippen molar-refractivity contribution in [2.45, 2.75) is 26.2 Å². The molecule has 0 bridgehead atoms. The molecule has 27 heavy (non-hydrogen) atoms. The van der Waals surface area contributed by atoms with Crippen molar-refractivity contribution in [1.82, 2.24) is 9.80 Å². The molecule has 1 saturated heterocycles. The van der Waals surface area contributed by atoms with E-state index in [0.717, 1.165) is 51.1 Å². The number of carbonyl (C=O) groups excluding carboxylic acids is 1. The molecule has 1 heterocycles. The number of hydrogen-bond acceptors (Lipinski definition) is 3. The SMILES string of the molecule is Cc1ccc(NC(=O)C2CC3=CC=C(N4CCN(C)CC4)CC3C2)cc1I. The smallest absolute Gasteiger partial charge is 0.227 e. The van der Waals surface area contributed by atoms with E-state index in [-0.39, 0.29) is 11.8 Å². The zero-order valence-corrected chi connectivity index (χ0v) is 18.3. The Hall–Kier alpha value is -1.34. The van der Waals surface area contributed by atoms with E-state index in [4.69, 9.17) is 0 Å². The van der Waals surface area contributed by atoms with Crippen LogP contribution in [0.4, 0.5) is 5.69 Å². The number of nitrogens with zero attached hydrogens (tertiary/aromatic N) is 2. The molecule has 3 aliphatic rings. The molecule has 1 aliphatic heterocycles. The van der Waals surface area contributed by atoms with E-state index in [1.165, 1.54) is 20.4 Å². The summed E-state index contributed by atoms with van der Waals surface area (Å²) in [6.45, 7) is 6.60. The zero-order chi connectivity index (χ0) is 19.0. The predicted octanol–water partition coefficient (Wildman–Crippen LogP) is 4.03. The minimum absolute atomic E-state index is 0.0976.